The normalized spacial score (nSPS) is 20.6. The fourth-order valence-corrected chi connectivity index (χ4v) is 4.99. The van der Waals surface area contributed by atoms with Gasteiger partial charge in [0, 0.05) is 0 Å². The predicted molar refractivity (Wildman–Crippen MR) is 127 cm³/mol. The van der Waals surface area contributed by atoms with Crippen LogP contribution in [0.3, 0.4) is 0 Å². The van der Waals surface area contributed by atoms with E-state index in [1.165, 1.54) is 48.2 Å². The molecule has 34 heavy (non-hydrogen) atoms. The van der Waals surface area contributed by atoms with Gasteiger partial charge in [0.1, 0.15) is 17.9 Å². The zero-order valence-electron chi connectivity index (χ0n) is 19.8. The van der Waals surface area contributed by atoms with Gasteiger partial charge in [-0.25, -0.2) is 9.18 Å². The molecule has 4 amide bonds. The second-order valence-corrected chi connectivity index (χ2v) is 9.36. The number of hydrogen-bond donors (Lipinski definition) is 2. The summed E-state index contributed by atoms with van der Waals surface area (Å²) in [4.78, 5) is 40.0. The lowest BCUT2D eigenvalue weighted by molar-refractivity contribution is -0.135. The van der Waals surface area contributed by atoms with E-state index < -0.39 is 29.2 Å². The molecule has 1 aliphatic carbocycles. The lowest BCUT2D eigenvalue weighted by Crippen LogP contribution is -2.45. The second kappa shape index (κ2) is 9.95. The van der Waals surface area contributed by atoms with Crippen molar-refractivity contribution in [2.75, 3.05) is 6.54 Å². The molecule has 2 aliphatic rings. The molecule has 180 valence electrons. The van der Waals surface area contributed by atoms with Gasteiger partial charge in [-0.15, -0.1) is 0 Å². The highest BCUT2D eigenvalue weighted by Gasteiger charge is 2.52. The van der Waals surface area contributed by atoms with Crippen LogP contribution >= 0.6 is 0 Å². The summed E-state index contributed by atoms with van der Waals surface area (Å²) in [6.45, 7) is 3.53. The molecule has 6 nitrogen and oxygen atoms in total. The van der Waals surface area contributed by atoms with Gasteiger partial charge in [-0.1, -0.05) is 50.1 Å². The Morgan fingerprint density at radius 1 is 1.12 bits per heavy atom. The first-order valence-electron chi connectivity index (χ1n) is 12.2. The number of imide groups is 1. The number of fused-ring (bicyclic) bond motifs is 1. The summed E-state index contributed by atoms with van der Waals surface area (Å²) in [5.41, 5.74) is 2.95. The molecule has 7 heteroatoms. The number of benzene rings is 2. The number of hydrogen-bond acceptors (Lipinski definition) is 3. The minimum Gasteiger partial charge on any atom is -0.348 e. The quantitative estimate of drug-likeness (QED) is 0.563. The minimum absolute atomic E-state index is 0.248. The van der Waals surface area contributed by atoms with E-state index in [-0.39, 0.29) is 12.6 Å². The molecule has 0 radical (unpaired) electrons. The van der Waals surface area contributed by atoms with Crippen molar-refractivity contribution in [1.82, 2.24) is 15.5 Å². The number of amides is 4. The highest BCUT2D eigenvalue weighted by Crippen LogP contribution is 2.34. The van der Waals surface area contributed by atoms with Crippen molar-refractivity contribution in [3.63, 3.8) is 0 Å². The largest absolute Gasteiger partial charge is 0.348 e. The summed E-state index contributed by atoms with van der Waals surface area (Å²) in [7, 11) is 0. The van der Waals surface area contributed by atoms with Gasteiger partial charge in [0.15, 0.2) is 0 Å². The van der Waals surface area contributed by atoms with E-state index in [4.69, 9.17) is 0 Å². The molecule has 4 rings (SSSR count). The van der Waals surface area contributed by atoms with Crippen LogP contribution in [0.2, 0.25) is 0 Å². The number of unbranched alkanes of at least 4 members (excludes halogenated alkanes) is 1. The third-order valence-corrected chi connectivity index (χ3v) is 6.97. The third kappa shape index (κ3) is 4.69. The molecule has 0 aromatic heterocycles. The van der Waals surface area contributed by atoms with E-state index in [9.17, 15) is 18.8 Å². The van der Waals surface area contributed by atoms with Crippen molar-refractivity contribution >= 4 is 17.8 Å². The molecule has 2 atom stereocenters. The van der Waals surface area contributed by atoms with Crippen molar-refractivity contribution in [3.8, 4) is 0 Å². The minimum atomic E-state index is -1.29. The zero-order valence-corrected chi connectivity index (χ0v) is 19.8. The van der Waals surface area contributed by atoms with Crippen LogP contribution in [0.25, 0.3) is 0 Å². The Bertz CT molecular complexity index is 1090. The van der Waals surface area contributed by atoms with E-state index >= 15 is 0 Å². The van der Waals surface area contributed by atoms with Crippen molar-refractivity contribution in [1.29, 1.82) is 0 Å². The van der Waals surface area contributed by atoms with Gasteiger partial charge in [0.25, 0.3) is 5.91 Å². The van der Waals surface area contributed by atoms with Gasteiger partial charge >= 0.3 is 6.03 Å². The first-order valence-corrected chi connectivity index (χ1v) is 12.2. The van der Waals surface area contributed by atoms with E-state index in [1.54, 1.807) is 0 Å². The summed E-state index contributed by atoms with van der Waals surface area (Å²) in [6.07, 6.45) is 6.43. The number of carbonyl (C=O) groups excluding carboxylic acids is 3. The summed E-state index contributed by atoms with van der Waals surface area (Å²) in [6, 6.07) is 11.1. The van der Waals surface area contributed by atoms with Gasteiger partial charge in [-0.2, -0.15) is 0 Å². The molecule has 2 aromatic carbocycles. The highest BCUT2D eigenvalue weighted by atomic mass is 19.1. The molecular formula is C27H32FN3O3. The number of halogens is 1. The number of nitrogens with zero attached hydrogens (tertiary/aromatic N) is 1. The van der Waals surface area contributed by atoms with Gasteiger partial charge in [0.05, 0.1) is 6.04 Å². The standard InChI is InChI=1S/C27H32FN3O3/c1-3-4-15-27(22-11-13-23(28)14-12-22)25(33)31(26(34)30-27)17-24(32)29-18(2)20-10-9-19-7-5-6-8-21(19)16-20/h9-14,16,18H,3-8,15,17H2,1-2H3,(H,29,32)(H,30,34)/t18-,27+/m1/s1. The van der Waals surface area contributed by atoms with Gasteiger partial charge in [0.2, 0.25) is 5.91 Å². The van der Waals surface area contributed by atoms with Crippen LogP contribution in [0.1, 0.15) is 74.2 Å². The number of urea groups is 1. The monoisotopic (exact) mass is 465 g/mol. The Labute approximate surface area is 199 Å². The van der Waals surface area contributed by atoms with E-state index in [2.05, 4.69) is 22.8 Å². The highest BCUT2D eigenvalue weighted by molar-refractivity contribution is 6.09. The maximum atomic E-state index is 13.5. The van der Waals surface area contributed by atoms with Crippen molar-refractivity contribution in [2.45, 2.75) is 70.4 Å². The van der Waals surface area contributed by atoms with Crippen LogP contribution < -0.4 is 10.6 Å². The summed E-state index contributed by atoms with van der Waals surface area (Å²) >= 11 is 0. The molecule has 0 saturated carbocycles. The Balaban J connectivity index is 1.47. The molecule has 0 spiro atoms. The maximum Gasteiger partial charge on any atom is 0.325 e. The number of rotatable bonds is 8. The first-order chi connectivity index (χ1) is 16.3. The van der Waals surface area contributed by atoms with E-state index in [1.807, 2.05) is 19.9 Å². The topological polar surface area (TPSA) is 78.5 Å². The maximum absolute atomic E-state index is 13.5. The average molecular weight is 466 g/mol. The van der Waals surface area contributed by atoms with E-state index in [0.717, 1.165) is 29.7 Å². The van der Waals surface area contributed by atoms with Crippen molar-refractivity contribution < 1.29 is 18.8 Å². The molecular weight excluding hydrogens is 433 g/mol. The number of carbonyl (C=O) groups is 3. The van der Waals surface area contributed by atoms with Crippen molar-refractivity contribution in [3.05, 3.63) is 70.5 Å². The molecule has 2 aromatic rings. The smallest absolute Gasteiger partial charge is 0.325 e. The fourth-order valence-electron chi connectivity index (χ4n) is 4.99. The van der Waals surface area contributed by atoms with Gasteiger partial charge in [-0.3, -0.25) is 14.5 Å². The Morgan fingerprint density at radius 3 is 2.53 bits per heavy atom. The molecule has 1 fully saturated rings. The molecule has 0 unspecified atom stereocenters. The lowest BCUT2D eigenvalue weighted by Gasteiger charge is -2.27. The Kier molecular flexibility index (Phi) is 7.00. The van der Waals surface area contributed by atoms with Crippen LogP contribution in [0.15, 0.2) is 42.5 Å². The van der Waals surface area contributed by atoms with Crippen molar-refractivity contribution in [2.24, 2.45) is 0 Å². The first kappa shape index (κ1) is 23.9. The lowest BCUT2D eigenvalue weighted by atomic mass is 9.85. The third-order valence-electron chi connectivity index (χ3n) is 6.97. The molecule has 1 heterocycles. The predicted octanol–water partition coefficient (Wildman–Crippen LogP) is 4.52. The summed E-state index contributed by atoms with van der Waals surface area (Å²) < 4.78 is 13.5. The average Bonchev–Trinajstić information content (AvgIpc) is 3.07. The van der Waals surface area contributed by atoms with Crippen LogP contribution in [0, 0.1) is 5.82 Å². The Morgan fingerprint density at radius 2 is 1.82 bits per heavy atom. The molecule has 1 saturated heterocycles. The van der Waals surface area contributed by atoms with Crippen LogP contribution in [0.5, 0.6) is 0 Å². The summed E-state index contributed by atoms with van der Waals surface area (Å²) in [5.74, 6) is -1.30. The number of aryl methyl sites for hydroxylation is 2. The number of nitrogens with one attached hydrogen (secondary N) is 2. The molecule has 1 aliphatic heterocycles. The SMILES string of the molecule is CCCC[C@@]1(c2ccc(F)cc2)NC(=O)N(CC(=O)N[C@H](C)c2ccc3c(c2)CCCC3)C1=O. The van der Waals surface area contributed by atoms with Crippen LogP contribution in [-0.4, -0.2) is 29.3 Å². The van der Waals surface area contributed by atoms with Crippen LogP contribution in [-0.2, 0) is 28.0 Å². The van der Waals surface area contributed by atoms with Crippen LogP contribution in [0.4, 0.5) is 9.18 Å². The van der Waals surface area contributed by atoms with Gasteiger partial charge < -0.3 is 10.6 Å². The second-order valence-electron chi connectivity index (χ2n) is 9.36. The van der Waals surface area contributed by atoms with Gasteiger partial charge in [-0.05, 0) is 73.4 Å². The fraction of sp³-hybridized carbons (Fsp3) is 0.444. The zero-order chi connectivity index (χ0) is 24.3. The molecule has 0 bridgehead atoms. The Hall–Kier alpha value is -3.22. The molecule has 2 N–H and O–H groups in total. The van der Waals surface area contributed by atoms with E-state index in [0.29, 0.717) is 18.4 Å². The summed E-state index contributed by atoms with van der Waals surface area (Å²) in [5, 5.41) is 5.72.